The van der Waals surface area contributed by atoms with Crippen molar-refractivity contribution in [3.8, 4) is 11.4 Å². The van der Waals surface area contributed by atoms with Crippen LogP contribution in [0.5, 0.6) is 5.75 Å². The second kappa shape index (κ2) is 13.3. The monoisotopic (exact) mass is 628 g/mol. The van der Waals surface area contributed by atoms with Crippen LogP contribution in [0.4, 0.5) is 22.0 Å². The van der Waals surface area contributed by atoms with Crippen LogP contribution in [-0.4, -0.2) is 41.8 Å². The van der Waals surface area contributed by atoms with Crippen LogP contribution in [-0.2, 0) is 5.41 Å². The van der Waals surface area contributed by atoms with E-state index in [1.165, 1.54) is 7.11 Å². The number of anilines is 3. The summed E-state index contributed by atoms with van der Waals surface area (Å²) in [6.45, 7) is 9.95. The van der Waals surface area contributed by atoms with Gasteiger partial charge in [-0.25, -0.2) is 9.48 Å². The Balaban J connectivity index is 1.38. The van der Waals surface area contributed by atoms with Crippen LogP contribution in [0.25, 0.3) is 5.69 Å². The minimum atomic E-state index is -0.414. The number of hydrogen-bond donors (Lipinski definition) is 4. The van der Waals surface area contributed by atoms with Crippen molar-refractivity contribution in [2.24, 2.45) is 5.92 Å². The number of piperidine rings is 1. The Hall–Kier alpha value is -4.34. The molecule has 1 saturated heterocycles. The molecule has 5 rings (SSSR count). The third-order valence-electron chi connectivity index (χ3n) is 8.25. The average molecular weight is 629 g/mol. The Morgan fingerprint density at radius 3 is 2.31 bits per heavy atom. The Labute approximate surface area is 269 Å². The van der Waals surface area contributed by atoms with Gasteiger partial charge in [-0.05, 0) is 74.7 Å². The van der Waals surface area contributed by atoms with Gasteiger partial charge in [0, 0.05) is 23.2 Å². The van der Waals surface area contributed by atoms with Gasteiger partial charge in [-0.2, -0.15) is 5.10 Å². The van der Waals surface area contributed by atoms with Gasteiger partial charge in [-0.1, -0.05) is 62.2 Å². The lowest BCUT2D eigenvalue weighted by Gasteiger charge is -2.30. The largest absolute Gasteiger partial charge is 0.496 e. The van der Waals surface area contributed by atoms with Gasteiger partial charge < -0.3 is 21.1 Å². The number of methoxy groups -OCH3 is 1. The lowest BCUT2D eigenvalue weighted by molar-refractivity contribution is 0.0913. The molecule has 0 aliphatic carbocycles. The van der Waals surface area contributed by atoms with E-state index in [2.05, 4.69) is 36.7 Å². The number of aryl methyl sites for hydroxylation is 1. The first-order chi connectivity index (χ1) is 21.4. The number of aromatic nitrogens is 2. The van der Waals surface area contributed by atoms with E-state index >= 15 is 0 Å². The third-order valence-corrected chi connectivity index (χ3v) is 8.57. The number of nitrogen functional groups attached to an aromatic ring is 1. The highest BCUT2D eigenvalue weighted by Crippen LogP contribution is 2.39. The van der Waals surface area contributed by atoms with Gasteiger partial charge in [0.1, 0.15) is 11.6 Å². The van der Waals surface area contributed by atoms with Crippen molar-refractivity contribution in [2.75, 3.05) is 36.6 Å². The first-order valence-corrected chi connectivity index (χ1v) is 15.6. The fourth-order valence-electron chi connectivity index (χ4n) is 5.69. The van der Waals surface area contributed by atoms with Crippen LogP contribution in [0, 0.1) is 12.8 Å². The van der Waals surface area contributed by atoms with E-state index in [9.17, 15) is 9.59 Å². The maximum Gasteiger partial charge on any atom is 0.324 e. The fourth-order valence-corrected chi connectivity index (χ4v) is 5.85. The van der Waals surface area contributed by atoms with Crippen LogP contribution < -0.4 is 26.4 Å². The minimum Gasteiger partial charge on any atom is -0.496 e. The number of Topliss-reactive ketones (excluding diaryl/α,β-unsaturated/α-hetero) is 1. The molecule has 236 valence electrons. The van der Waals surface area contributed by atoms with E-state index in [1.807, 2.05) is 61.5 Å². The fraction of sp³-hybridized carbons (Fsp3) is 0.343. The second-order valence-corrected chi connectivity index (χ2v) is 13.0. The van der Waals surface area contributed by atoms with Crippen molar-refractivity contribution in [3.05, 3.63) is 94.1 Å². The van der Waals surface area contributed by atoms with Crippen LogP contribution in [0.1, 0.15) is 66.7 Å². The van der Waals surface area contributed by atoms with Gasteiger partial charge in [0.05, 0.1) is 40.7 Å². The summed E-state index contributed by atoms with van der Waals surface area (Å²) in [6, 6.07) is 20.1. The quantitative estimate of drug-likeness (QED) is 0.120. The zero-order valence-corrected chi connectivity index (χ0v) is 27.2. The molecule has 0 saturated carbocycles. The highest BCUT2D eigenvalue weighted by molar-refractivity contribution is 6.33. The smallest absolute Gasteiger partial charge is 0.324 e. The van der Waals surface area contributed by atoms with E-state index in [0.29, 0.717) is 33.5 Å². The number of ketones is 1. The molecule has 0 spiro atoms. The van der Waals surface area contributed by atoms with E-state index in [-0.39, 0.29) is 17.1 Å². The first-order valence-electron chi connectivity index (χ1n) is 15.2. The number of amides is 2. The number of halogens is 1. The molecule has 1 unspecified atom stereocenters. The molecule has 9 nitrogen and oxygen atoms in total. The zero-order chi connectivity index (χ0) is 32.3. The van der Waals surface area contributed by atoms with Gasteiger partial charge in [0.15, 0.2) is 5.78 Å². The Morgan fingerprint density at radius 2 is 1.69 bits per heavy atom. The summed E-state index contributed by atoms with van der Waals surface area (Å²) < 4.78 is 7.26. The molecule has 1 aliphatic rings. The summed E-state index contributed by atoms with van der Waals surface area (Å²) in [5.74, 6) is 0.600. The standard InChI is InChI=1S/C35H41ClN6O3/c1-21-6-12-25(13-7-21)42-31(20-30(41-42)35(2,3)4)40-34(44)39-24-10-8-22(9-11-24)32(23-14-16-38-17-15-23)33(43)26-18-27(36)28(37)19-29(26)45-5/h6-13,18-20,23,32,38H,14-17,37H2,1-5H3,(H2,39,40,44). The highest BCUT2D eigenvalue weighted by Gasteiger charge is 2.33. The predicted molar refractivity (Wildman–Crippen MR) is 181 cm³/mol. The van der Waals surface area contributed by atoms with Crippen LogP contribution in [0.2, 0.25) is 5.02 Å². The molecule has 3 aromatic carbocycles. The molecule has 1 aromatic heterocycles. The Morgan fingerprint density at radius 1 is 1.02 bits per heavy atom. The second-order valence-electron chi connectivity index (χ2n) is 12.6. The number of hydrogen-bond acceptors (Lipinski definition) is 6. The van der Waals surface area contributed by atoms with Crippen LogP contribution in [0.15, 0.2) is 66.7 Å². The van der Waals surface area contributed by atoms with Crippen molar-refractivity contribution < 1.29 is 14.3 Å². The molecule has 2 amide bonds. The number of benzene rings is 3. The van der Waals surface area contributed by atoms with Crippen LogP contribution >= 0.6 is 11.6 Å². The van der Waals surface area contributed by atoms with Crippen molar-refractivity contribution in [2.45, 2.75) is 51.9 Å². The number of urea groups is 1. The SMILES string of the molecule is COc1cc(N)c(Cl)cc1C(=O)C(c1ccc(NC(=O)Nc2cc(C(C)(C)C)nn2-c2ccc(C)cc2)cc1)C1CCNCC1. The maximum absolute atomic E-state index is 14.1. The Kier molecular flexibility index (Phi) is 9.51. The zero-order valence-electron chi connectivity index (χ0n) is 26.4. The van der Waals surface area contributed by atoms with Gasteiger partial charge in [0.25, 0.3) is 0 Å². The molecule has 10 heteroatoms. The van der Waals surface area contributed by atoms with Gasteiger partial charge in [0.2, 0.25) is 0 Å². The van der Waals surface area contributed by atoms with E-state index < -0.39 is 11.9 Å². The van der Waals surface area contributed by atoms with Gasteiger partial charge in [-0.15, -0.1) is 0 Å². The topological polar surface area (TPSA) is 123 Å². The molecule has 4 aromatic rings. The van der Waals surface area contributed by atoms with Gasteiger partial charge in [-0.3, -0.25) is 10.1 Å². The molecule has 0 bridgehead atoms. The lowest BCUT2D eigenvalue weighted by Crippen LogP contribution is -2.33. The lowest BCUT2D eigenvalue weighted by atomic mass is 9.76. The number of nitrogens with two attached hydrogens (primary N) is 1. The number of nitrogens with zero attached hydrogens (tertiary/aromatic N) is 2. The molecule has 1 fully saturated rings. The Bertz CT molecular complexity index is 1670. The molecule has 45 heavy (non-hydrogen) atoms. The molecule has 0 radical (unpaired) electrons. The summed E-state index contributed by atoms with van der Waals surface area (Å²) >= 11 is 6.33. The summed E-state index contributed by atoms with van der Waals surface area (Å²) in [5, 5.41) is 14.4. The highest BCUT2D eigenvalue weighted by atomic mass is 35.5. The molecular weight excluding hydrogens is 588 g/mol. The normalized spacial score (nSPS) is 14.5. The number of carbonyl (C=O) groups excluding carboxylic acids is 2. The van der Waals surface area contributed by atoms with Crippen molar-refractivity contribution >= 4 is 40.6 Å². The first kappa shape index (κ1) is 32.1. The molecular formula is C35H41ClN6O3. The molecule has 1 atom stereocenters. The van der Waals surface area contributed by atoms with Crippen molar-refractivity contribution in [1.82, 2.24) is 15.1 Å². The average Bonchev–Trinajstić information content (AvgIpc) is 3.44. The van der Waals surface area contributed by atoms with Gasteiger partial charge >= 0.3 is 6.03 Å². The van der Waals surface area contributed by atoms with Crippen molar-refractivity contribution in [1.29, 1.82) is 0 Å². The summed E-state index contributed by atoms with van der Waals surface area (Å²) in [4.78, 5) is 27.3. The van der Waals surface area contributed by atoms with Crippen LogP contribution in [0.3, 0.4) is 0 Å². The minimum absolute atomic E-state index is 0.0712. The molecule has 2 heterocycles. The van der Waals surface area contributed by atoms with Crippen molar-refractivity contribution in [3.63, 3.8) is 0 Å². The predicted octanol–water partition coefficient (Wildman–Crippen LogP) is 7.33. The maximum atomic E-state index is 14.1. The number of rotatable bonds is 8. The number of nitrogens with one attached hydrogen (secondary N) is 3. The number of ether oxygens (including phenoxy) is 1. The molecule has 5 N–H and O–H groups in total. The van der Waals surface area contributed by atoms with E-state index in [0.717, 1.165) is 48.4 Å². The third kappa shape index (κ3) is 7.32. The van der Waals surface area contributed by atoms with E-state index in [4.69, 9.17) is 27.2 Å². The summed E-state index contributed by atoms with van der Waals surface area (Å²) in [7, 11) is 1.52. The number of carbonyl (C=O) groups is 2. The van der Waals surface area contributed by atoms with E-state index in [1.54, 1.807) is 16.8 Å². The summed E-state index contributed by atoms with van der Waals surface area (Å²) in [5.41, 5.74) is 10.8. The summed E-state index contributed by atoms with van der Waals surface area (Å²) in [6.07, 6.45) is 1.71. The molecule has 1 aliphatic heterocycles.